The molecule has 0 aliphatic carbocycles. The maximum absolute atomic E-state index is 11.8. The Balaban J connectivity index is 3.02. The Morgan fingerprint density at radius 2 is 1.62 bits per heavy atom. The summed E-state index contributed by atoms with van der Waals surface area (Å²) in [5.41, 5.74) is -0.231. The van der Waals surface area contributed by atoms with Gasteiger partial charge in [-0.3, -0.25) is 0 Å². The Morgan fingerprint density at radius 1 is 1.23 bits per heavy atom. The Labute approximate surface area is 79.0 Å². The van der Waals surface area contributed by atoms with Crippen molar-refractivity contribution in [2.45, 2.75) is 51.6 Å². The van der Waals surface area contributed by atoms with E-state index < -0.39 is 11.1 Å². The smallest absolute Gasteiger partial charge is 0.123 e. The van der Waals surface area contributed by atoms with Crippen LogP contribution in [0.25, 0.3) is 0 Å². The molecular formula is C10H16NO2-. The largest absolute Gasteiger partial charge is 0.784 e. The maximum atomic E-state index is 11.8. The summed E-state index contributed by atoms with van der Waals surface area (Å²) in [7, 11) is 0. The van der Waals surface area contributed by atoms with Crippen molar-refractivity contribution in [3.05, 3.63) is 10.8 Å². The minimum Gasteiger partial charge on any atom is -0.784 e. The molecule has 1 aliphatic heterocycles. The highest BCUT2D eigenvalue weighted by molar-refractivity contribution is 5.54. The molecule has 13 heavy (non-hydrogen) atoms. The van der Waals surface area contributed by atoms with Gasteiger partial charge in [-0.25, -0.2) is 4.79 Å². The third-order valence-electron chi connectivity index (χ3n) is 2.54. The van der Waals surface area contributed by atoms with Crippen molar-refractivity contribution in [1.82, 2.24) is 5.06 Å². The standard InChI is InChI=1S/C10H16NO2/c1-9(2)5-8(7-12)6-10(3,4)11(9)13/h5-6H2,1-4H3/q-1. The fraction of sp³-hybridized carbons (Fsp3) is 0.800. The first-order valence-electron chi connectivity index (χ1n) is 4.50. The van der Waals surface area contributed by atoms with Gasteiger partial charge in [0.2, 0.25) is 0 Å². The molecule has 0 N–H and O–H groups in total. The van der Waals surface area contributed by atoms with E-state index in [1.807, 2.05) is 33.6 Å². The van der Waals surface area contributed by atoms with Gasteiger partial charge in [0, 0.05) is 16.7 Å². The Morgan fingerprint density at radius 3 is 1.92 bits per heavy atom. The summed E-state index contributed by atoms with van der Waals surface area (Å²) in [5.74, 6) is 1.94. The van der Waals surface area contributed by atoms with E-state index in [0.29, 0.717) is 12.8 Å². The zero-order valence-electron chi connectivity index (χ0n) is 8.68. The van der Waals surface area contributed by atoms with E-state index in [4.69, 9.17) is 0 Å². The number of hydrogen-bond acceptors (Lipinski definition) is 3. The lowest BCUT2D eigenvalue weighted by molar-refractivity contribution is 0.0449. The molecule has 0 aromatic carbocycles. The highest BCUT2D eigenvalue weighted by atomic mass is 16.5. The molecule has 1 rings (SSSR count). The van der Waals surface area contributed by atoms with E-state index in [9.17, 15) is 10.0 Å². The Bertz CT molecular complexity index is 242. The van der Waals surface area contributed by atoms with Crippen LogP contribution in [-0.2, 0) is 4.79 Å². The van der Waals surface area contributed by atoms with Crippen LogP contribution in [0, 0.1) is 5.21 Å². The molecule has 3 nitrogen and oxygen atoms in total. The van der Waals surface area contributed by atoms with Gasteiger partial charge in [0.25, 0.3) is 0 Å². The van der Waals surface area contributed by atoms with Crippen LogP contribution in [-0.4, -0.2) is 22.1 Å². The van der Waals surface area contributed by atoms with Crippen molar-refractivity contribution in [3.63, 3.8) is 0 Å². The number of hydroxylamine groups is 2. The number of nitrogens with zero attached hydrogens (tertiary/aromatic N) is 1. The van der Waals surface area contributed by atoms with Crippen LogP contribution in [0.15, 0.2) is 5.57 Å². The van der Waals surface area contributed by atoms with Gasteiger partial charge in [-0.15, -0.1) is 0 Å². The topological polar surface area (TPSA) is 43.4 Å². The second-order valence-electron chi connectivity index (χ2n) is 4.98. The molecular weight excluding hydrogens is 166 g/mol. The quantitative estimate of drug-likeness (QED) is 0.537. The van der Waals surface area contributed by atoms with E-state index in [1.54, 1.807) is 0 Å². The van der Waals surface area contributed by atoms with E-state index >= 15 is 0 Å². The summed E-state index contributed by atoms with van der Waals surface area (Å²) in [6, 6.07) is 0. The van der Waals surface area contributed by atoms with Crippen molar-refractivity contribution < 1.29 is 4.79 Å². The van der Waals surface area contributed by atoms with Crippen LogP contribution in [0.5, 0.6) is 0 Å². The summed E-state index contributed by atoms with van der Waals surface area (Å²) in [6.07, 6.45) is 1.06. The predicted octanol–water partition coefficient (Wildman–Crippen LogP) is 1.90. The molecule has 0 bridgehead atoms. The molecule has 74 valence electrons. The first-order valence-corrected chi connectivity index (χ1v) is 4.50. The van der Waals surface area contributed by atoms with Crippen molar-refractivity contribution in [1.29, 1.82) is 0 Å². The lowest BCUT2D eigenvalue weighted by Crippen LogP contribution is -2.55. The highest BCUT2D eigenvalue weighted by Gasteiger charge is 2.37. The number of piperidine rings is 1. The predicted molar refractivity (Wildman–Crippen MR) is 51.8 cm³/mol. The number of rotatable bonds is 0. The third kappa shape index (κ3) is 1.83. The molecule has 0 radical (unpaired) electrons. The summed E-state index contributed by atoms with van der Waals surface area (Å²) < 4.78 is 0. The van der Waals surface area contributed by atoms with E-state index in [2.05, 4.69) is 0 Å². The van der Waals surface area contributed by atoms with Gasteiger partial charge >= 0.3 is 0 Å². The molecule has 1 saturated heterocycles. The molecule has 0 atom stereocenters. The molecule has 0 amide bonds. The average molecular weight is 182 g/mol. The molecule has 1 heterocycles. The third-order valence-corrected chi connectivity index (χ3v) is 2.54. The summed E-state index contributed by atoms with van der Waals surface area (Å²) in [4.78, 5) is 10.6. The summed E-state index contributed by atoms with van der Waals surface area (Å²) in [5, 5.41) is 12.9. The normalized spacial score (nSPS) is 27.0. The van der Waals surface area contributed by atoms with Gasteiger partial charge in [-0.1, -0.05) is 0 Å². The number of carbonyl (C=O) groups excluding carboxylic acids is 1. The monoisotopic (exact) mass is 182 g/mol. The summed E-state index contributed by atoms with van der Waals surface area (Å²) >= 11 is 0. The van der Waals surface area contributed by atoms with Gasteiger partial charge in [0.05, 0.1) is 0 Å². The van der Waals surface area contributed by atoms with Gasteiger partial charge in [0.1, 0.15) is 5.94 Å². The van der Waals surface area contributed by atoms with Crippen LogP contribution in [0.3, 0.4) is 0 Å². The Kier molecular flexibility index (Phi) is 2.37. The van der Waals surface area contributed by atoms with Crippen LogP contribution < -0.4 is 0 Å². The molecule has 1 aliphatic rings. The molecule has 0 aromatic rings. The second kappa shape index (κ2) is 2.95. The molecule has 3 heteroatoms. The first-order chi connectivity index (χ1) is 5.79. The minimum atomic E-state index is -0.478. The van der Waals surface area contributed by atoms with Crippen LogP contribution in [0.1, 0.15) is 40.5 Å². The fourth-order valence-electron chi connectivity index (χ4n) is 2.14. The highest BCUT2D eigenvalue weighted by Crippen LogP contribution is 2.38. The molecule has 1 fully saturated rings. The van der Waals surface area contributed by atoms with E-state index in [0.717, 1.165) is 10.6 Å². The maximum Gasteiger partial charge on any atom is 0.123 e. The zero-order chi connectivity index (χ0) is 10.3. The SMILES string of the molecule is CC1(C)CC(=C=O)CC(C)(C)N1[O-]. The van der Waals surface area contributed by atoms with Crippen LogP contribution in [0.4, 0.5) is 0 Å². The van der Waals surface area contributed by atoms with Gasteiger partial charge in [0.15, 0.2) is 0 Å². The molecule has 0 unspecified atom stereocenters. The lowest BCUT2D eigenvalue weighted by atomic mass is 9.79. The number of hydrogen-bond donors (Lipinski definition) is 0. The molecule has 0 aromatic heterocycles. The average Bonchev–Trinajstić information content (AvgIpc) is 1.99. The van der Waals surface area contributed by atoms with E-state index in [1.165, 1.54) is 0 Å². The Hall–Kier alpha value is -0.630. The van der Waals surface area contributed by atoms with Gasteiger partial charge in [-0.05, 0) is 40.5 Å². The van der Waals surface area contributed by atoms with E-state index in [-0.39, 0.29) is 0 Å². The van der Waals surface area contributed by atoms with Crippen molar-refractivity contribution in [3.8, 4) is 0 Å². The summed E-state index contributed by atoms with van der Waals surface area (Å²) in [6.45, 7) is 7.44. The van der Waals surface area contributed by atoms with Crippen molar-refractivity contribution in [2.75, 3.05) is 0 Å². The second-order valence-corrected chi connectivity index (χ2v) is 4.98. The zero-order valence-corrected chi connectivity index (χ0v) is 8.68. The first kappa shape index (κ1) is 10.5. The molecule has 0 spiro atoms. The molecule has 0 saturated carbocycles. The van der Waals surface area contributed by atoms with Crippen LogP contribution >= 0.6 is 0 Å². The minimum absolute atomic E-state index is 0.478. The van der Waals surface area contributed by atoms with Gasteiger partial charge in [-0.2, -0.15) is 0 Å². The van der Waals surface area contributed by atoms with Crippen LogP contribution in [0.2, 0.25) is 0 Å². The lowest BCUT2D eigenvalue weighted by Gasteiger charge is -2.57. The fourth-order valence-corrected chi connectivity index (χ4v) is 2.14. The van der Waals surface area contributed by atoms with Crippen molar-refractivity contribution >= 4 is 5.94 Å². The van der Waals surface area contributed by atoms with Gasteiger partial charge < -0.3 is 10.3 Å². The van der Waals surface area contributed by atoms with Crippen molar-refractivity contribution in [2.24, 2.45) is 0 Å².